The lowest BCUT2D eigenvalue weighted by atomic mass is 9.80. The topological polar surface area (TPSA) is 58.6 Å². The molecule has 0 aromatic heterocycles. The molecule has 1 amide bonds. The Morgan fingerprint density at radius 1 is 1.52 bits per heavy atom. The van der Waals surface area contributed by atoms with Gasteiger partial charge in [-0.15, -0.1) is 0 Å². The number of carbonyl (C=O) groups is 1. The molecule has 4 nitrogen and oxygen atoms in total. The predicted octanol–water partition coefficient (Wildman–Crippen LogP) is 3.08. The smallest absolute Gasteiger partial charge is 0.219 e. The molecule has 2 unspecified atom stereocenters. The van der Waals surface area contributed by atoms with E-state index >= 15 is 0 Å². The van der Waals surface area contributed by atoms with Gasteiger partial charge in [-0.05, 0) is 65.7 Å². The van der Waals surface area contributed by atoms with Crippen LogP contribution in [0.3, 0.4) is 0 Å². The van der Waals surface area contributed by atoms with E-state index in [9.17, 15) is 9.90 Å². The highest BCUT2D eigenvalue weighted by molar-refractivity contribution is 9.10. The molecule has 2 aliphatic rings. The predicted molar refractivity (Wildman–Crippen MR) is 92.9 cm³/mol. The molecule has 1 heterocycles. The van der Waals surface area contributed by atoms with E-state index in [1.807, 2.05) is 13.8 Å². The highest BCUT2D eigenvalue weighted by Crippen LogP contribution is 2.53. The largest absolute Gasteiger partial charge is 0.483 e. The van der Waals surface area contributed by atoms with Crippen molar-refractivity contribution in [2.45, 2.75) is 57.5 Å². The molecule has 0 bridgehead atoms. The molecule has 2 N–H and O–H groups in total. The van der Waals surface area contributed by atoms with Gasteiger partial charge in [-0.1, -0.05) is 6.92 Å². The standard InChI is InChI=1S/C18H24BrNO3/c1-3-15(22)20-8-7-13-16-12-6-4-5-11(12)9-14(19)17(16)23-18(13,2)10-21/h9,13,21H,3-8,10H2,1-2H3,(H,20,22). The van der Waals surface area contributed by atoms with E-state index in [1.54, 1.807) is 0 Å². The SMILES string of the molecule is CCC(=O)NCCC1c2c3c(cc(Br)c2OC1(C)CO)CCC3. The van der Waals surface area contributed by atoms with Gasteiger partial charge < -0.3 is 15.2 Å². The number of benzene rings is 1. The van der Waals surface area contributed by atoms with Crippen LogP contribution in [0.4, 0.5) is 0 Å². The number of hydrogen-bond acceptors (Lipinski definition) is 3. The Labute approximate surface area is 145 Å². The van der Waals surface area contributed by atoms with Crippen molar-refractivity contribution in [1.82, 2.24) is 5.32 Å². The normalized spacial score (nSPS) is 25.0. The number of fused-ring (bicyclic) bond motifs is 3. The van der Waals surface area contributed by atoms with E-state index in [1.165, 1.54) is 23.1 Å². The highest BCUT2D eigenvalue weighted by atomic mass is 79.9. The molecule has 2 atom stereocenters. The first-order chi connectivity index (χ1) is 11.0. The number of halogens is 1. The third-order valence-electron chi connectivity index (χ3n) is 5.16. The summed E-state index contributed by atoms with van der Waals surface area (Å²) in [6.45, 7) is 4.39. The summed E-state index contributed by atoms with van der Waals surface area (Å²) in [5.41, 5.74) is 3.41. The maximum absolute atomic E-state index is 11.5. The van der Waals surface area contributed by atoms with Crippen LogP contribution in [0.5, 0.6) is 5.75 Å². The number of hydrogen-bond donors (Lipinski definition) is 2. The highest BCUT2D eigenvalue weighted by Gasteiger charge is 2.47. The Morgan fingerprint density at radius 2 is 2.30 bits per heavy atom. The van der Waals surface area contributed by atoms with Crippen LogP contribution in [-0.4, -0.2) is 29.8 Å². The summed E-state index contributed by atoms with van der Waals surface area (Å²) in [5.74, 6) is 1.05. The van der Waals surface area contributed by atoms with Crippen LogP contribution >= 0.6 is 15.9 Å². The molecule has 23 heavy (non-hydrogen) atoms. The van der Waals surface area contributed by atoms with Gasteiger partial charge in [0.15, 0.2) is 0 Å². The molecule has 3 rings (SSSR count). The van der Waals surface area contributed by atoms with Gasteiger partial charge in [0.05, 0.1) is 11.1 Å². The number of nitrogens with one attached hydrogen (secondary N) is 1. The van der Waals surface area contributed by atoms with E-state index in [-0.39, 0.29) is 18.4 Å². The lowest BCUT2D eigenvalue weighted by molar-refractivity contribution is -0.120. The van der Waals surface area contributed by atoms with Gasteiger partial charge in [0.25, 0.3) is 0 Å². The average Bonchev–Trinajstić information content (AvgIpc) is 3.10. The first kappa shape index (κ1) is 16.8. The molecule has 0 saturated carbocycles. The number of aryl methyl sites for hydroxylation is 1. The zero-order valence-corrected chi connectivity index (χ0v) is 15.3. The molecule has 1 aliphatic heterocycles. The van der Waals surface area contributed by atoms with Crippen LogP contribution in [0, 0.1) is 0 Å². The second-order valence-corrected chi connectivity index (χ2v) is 7.56. The van der Waals surface area contributed by atoms with Crippen molar-refractivity contribution in [3.8, 4) is 5.75 Å². The van der Waals surface area contributed by atoms with E-state index in [4.69, 9.17) is 4.74 Å². The number of amides is 1. The van der Waals surface area contributed by atoms with Gasteiger partial charge in [0, 0.05) is 24.4 Å². The quantitative estimate of drug-likeness (QED) is 0.823. The van der Waals surface area contributed by atoms with Crippen LogP contribution in [0.25, 0.3) is 0 Å². The van der Waals surface area contributed by atoms with Gasteiger partial charge in [0.1, 0.15) is 11.4 Å². The third kappa shape index (κ3) is 2.89. The second-order valence-electron chi connectivity index (χ2n) is 6.71. The summed E-state index contributed by atoms with van der Waals surface area (Å²) < 4.78 is 7.17. The Hall–Kier alpha value is -1.07. The van der Waals surface area contributed by atoms with Gasteiger partial charge in [-0.25, -0.2) is 0 Å². The van der Waals surface area contributed by atoms with Crippen LogP contribution in [0.15, 0.2) is 10.5 Å². The molecule has 126 valence electrons. The fourth-order valence-corrected chi connectivity index (χ4v) is 4.44. The molecule has 0 radical (unpaired) electrons. The Bertz CT molecular complexity index is 631. The summed E-state index contributed by atoms with van der Waals surface area (Å²) >= 11 is 3.64. The lowest BCUT2D eigenvalue weighted by Gasteiger charge is -2.29. The molecule has 1 aromatic carbocycles. The first-order valence-electron chi connectivity index (χ1n) is 8.41. The summed E-state index contributed by atoms with van der Waals surface area (Å²) in [5, 5.41) is 12.9. The van der Waals surface area contributed by atoms with Crippen molar-refractivity contribution in [3.63, 3.8) is 0 Å². The van der Waals surface area contributed by atoms with Crippen LogP contribution < -0.4 is 10.1 Å². The number of carbonyl (C=O) groups excluding carboxylic acids is 1. The summed E-state index contributed by atoms with van der Waals surface area (Å²) in [6, 6.07) is 2.17. The Kier molecular flexibility index (Phi) is 4.70. The molecule has 1 aromatic rings. The maximum atomic E-state index is 11.5. The fraction of sp³-hybridized carbons (Fsp3) is 0.611. The minimum atomic E-state index is -0.625. The van der Waals surface area contributed by atoms with Crippen molar-refractivity contribution < 1.29 is 14.6 Å². The molecule has 0 fully saturated rings. The number of aliphatic hydroxyl groups excluding tert-OH is 1. The molecular formula is C18H24BrNO3. The van der Waals surface area contributed by atoms with E-state index < -0.39 is 5.60 Å². The summed E-state index contributed by atoms with van der Waals surface area (Å²) in [4.78, 5) is 11.5. The third-order valence-corrected chi connectivity index (χ3v) is 5.75. The Morgan fingerprint density at radius 3 is 3.00 bits per heavy atom. The second kappa shape index (κ2) is 6.44. The van der Waals surface area contributed by atoms with Gasteiger partial charge >= 0.3 is 0 Å². The van der Waals surface area contributed by atoms with E-state index in [0.29, 0.717) is 13.0 Å². The first-order valence-corrected chi connectivity index (χ1v) is 9.20. The van der Waals surface area contributed by atoms with Crippen LogP contribution in [-0.2, 0) is 17.6 Å². The van der Waals surface area contributed by atoms with Gasteiger partial charge in [-0.2, -0.15) is 0 Å². The van der Waals surface area contributed by atoms with Gasteiger partial charge in [-0.3, -0.25) is 4.79 Å². The molecule has 1 aliphatic carbocycles. The molecular weight excluding hydrogens is 358 g/mol. The fourth-order valence-electron chi connectivity index (χ4n) is 3.87. The average molecular weight is 382 g/mol. The monoisotopic (exact) mass is 381 g/mol. The summed E-state index contributed by atoms with van der Waals surface area (Å²) in [6.07, 6.45) is 4.63. The van der Waals surface area contributed by atoms with Gasteiger partial charge in [0.2, 0.25) is 5.91 Å². The van der Waals surface area contributed by atoms with E-state index in [2.05, 4.69) is 27.3 Å². The number of rotatable bonds is 5. The summed E-state index contributed by atoms with van der Waals surface area (Å²) in [7, 11) is 0. The number of aliphatic hydroxyl groups is 1. The zero-order valence-electron chi connectivity index (χ0n) is 13.7. The van der Waals surface area contributed by atoms with E-state index in [0.717, 1.165) is 29.5 Å². The molecule has 0 saturated heterocycles. The minimum absolute atomic E-state index is 0.0325. The maximum Gasteiger partial charge on any atom is 0.219 e. The zero-order chi connectivity index (χ0) is 16.6. The van der Waals surface area contributed by atoms with Crippen molar-refractivity contribution in [2.24, 2.45) is 0 Å². The number of ether oxygens (including phenoxy) is 1. The van der Waals surface area contributed by atoms with Crippen molar-refractivity contribution >= 4 is 21.8 Å². The van der Waals surface area contributed by atoms with Crippen LogP contribution in [0.1, 0.15) is 55.7 Å². The van der Waals surface area contributed by atoms with Crippen molar-refractivity contribution in [2.75, 3.05) is 13.2 Å². The van der Waals surface area contributed by atoms with Crippen molar-refractivity contribution in [3.05, 3.63) is 27.2 Å². The molecule has 0 spiro atoms. The van der Waals surface area contributed by atoms with Crippen LogP contribution in [0.2, 0.25) is 0 Å². The Balaban J connectivity index is 1.93. The molecule has 5 heteroatoms. The lowest BCUT2D eigenvalue weighted by Crippen LogP contribution is -2.40. The van der Waals surface area contributed by atoms with Crippen molar-refractivity contribution in [1.29, 1.82) is 0 Å². The minimum Gasteiger partial charge on any atom is -0.483 e.